The Hall–Kier alpha value is -2.16. The van der Waals surface area contributed by atoms with Crippen LogP contribution in [-0.4, -0.2) is 42.0 Å². The van der Waals surface area contributed by atoms with Crippen molar-refractivity contribution in [2.75, 3.05) is 16.8 Å². The minimum absolute atomic E-state index is 0.00625. The number of carbonyl (C=O) groups is 1. The summed E-state index contributed by atoms with van der Waals surface area (Å²) in [5.41, 5.74) is -0.597. The standard InChI is InChI=1S/C12H14N2O6S/c15-12(16)9-2-1-3-10(14(17)18)11(9)13-8-4-6-21(19,20)7-5-8/h1-3,8,13H,4-7H2,(H,15,16). The molecule has 1 fully saturated rings. The summed E-state index contributed by atoms with van der Waals surface area (Å²) in [6, 6.07) is 3.50. The molecule has 2 rings (SSSR count). The second kappa shape index (κ2) is 5.68. The van der Waals surface area contributed by atoms with Crippen LogP contribution in [-0.2, 0) is 9.84 Å². The Morgan fingerprint density at radius 3 is 2.48 bits per heavy atom. The van der Waals surface area contributed by atoms with E-state index in [0.717, 1.165) is 0 Å². The van der Waals surface area contributed by atoms with Crippen molar-refractivity contribution in [2.24, 2.45) is 0 Å². The highest BCUT2D eigenvalue weighted by Crippen LogP contribution is 2.30. The molecular formula is C12H14N2O6S. The molecule has 0 unspecified atom stereocenters. The summed E-state index contributed by atoms with van der Waals surface area (Å²) in [5.74, 6) is -1.29. The van der Waals surface area contributed by atoms with E-state index in [2.05, 4.69) is 5.32 Å². The lowest BCUT2D eigenvalue weighted by atomic mass is 10.1. The molecule has 1 aromatic carbocycles. The summed E-state index contributed by atoms with van der Waals surface area (Å²) in [7, 11) is -3.05. The fourth-order valence-electron chi connectivity index (χ4n) is 2.26. The second-order valence-electron chi connectivity index (χ2n) is 4.83. The van der Waals surface area contributed by atoms with Crippen LogP contribution in [0.2, 0.25) is 0 Å². The van der Waals surface area contributed by atoms with E-state index in [1.165, 1.54) is 18.2 Å². The lowest BCUT2D eigenvalue weighted by molar-refractivity contribution is -0.384. The Bertz CT molecular complexity index is 639. The molecule has 0 amide bonds. The average molecular weight is 314 g/mol. The lowest BCUT2D eigenvalue weighted by Crippen LogP contribution is -2.32. The van der Waals surface area contributed by atoms with Gasteiger partial charge in [0.15, 0.2) is 0 Å². The Kier molecular flexibility index (Phi) is 4.12. The molecule has 1 saturated heterocycles. The number of aromatic carboxylic acids is 1. The Morgan fingerprint density at radius 2 is 1.95 bits per heavy atom. The summed E-state index contributed by atoms with van der Waals surface area (Å²) in [5, 5.41) is 23.0. The third kappa shape index (κ3) is 3.48. The van der Waals surface area contributed by atoms with Crippen LogP contribution in [0.4, 0.5) is 11.4 Å². The van der Waals surface area contributed by atoms with Gasteiger partial charge < -0.3 is 10.4 Å². The van der Waals surface area contributed by atoms with E-state index in [1.807, 2.05) is 0 Å². The van der Waals surface area contributed by atoms with Gasteiger partial charge >= 0.3 is 5.97 Å². The molecule has 0 aliphatic carbocycles. The largest absolute Gasteiger partial charge is 0.478 e. The summed E-state index contributed by atoms with van der Waals surface area (Å²) in [4.78, 5) is 21.5. The Labute approximate surface area is 120 Å². The van der Waals surface area contributed by atoms with Gasteiger partial charge in [0.25, 0.3) is 5.69 Å². The number of carboxylic acids is 1. The molecule has 114 valence electrons. The van der Waals surface area contributed by atoms with Gasteiger partial charge in [-0.15, -0.1) is 0 Å². The van der Waals surface area contributed by atoms with Crippen LogP contribution in [0.5, 0.6) is 0 Å². The predicted octanol–water partition coefficient (Wildman–Crippen LogP) is 1.28. The van der Waals surface area contributed by atoms with Gasteiger partial charge in [0.1, 0.15) is 15.5 Å². The third-order valence-corrected chi connectivity index (χ3v) is 5.09. The number of para-hydroxylation sites is 1. The molecule has 0 aromatic heterocycles. The van der Waals surface area contributed by atoms with Crippen LogP contribution in [0.25, 0.3) is 0 Å². The van der Waals surface area contributed by atoms with Crippen molar-refractivity contribution >= 4 is 27.2 Å². The van der Waals surface area contributed by atoms with Gasteiger partial charge in [0.2, 0.25) is 0 Å². The van der Waals surface area contributed by atoms with Crippen molar-refractivity contribution in [3.63, 3.8) is 0 Å². The van der Waals surface area contributed by atoms with Gasteiger partial charge in [-0.05, 0) is 18.9 Å². The van der Waals surface area contributed by atoms with Crippen molar-refractivity contribution in [3.8, 4) is 0 Å². The molecular weight excluding hydrogens is 300 g/mol. The number of nitro groups is 1. The number of hydrogen-bond acceptors (Lipinski definition) is 6. The predicted molar refractivity (Wildman–Crippen MR) is 75.4 cm³/mol. The topological polar surface area (TPSA) is 127 Å². The molecule has 0 spiro atoms. The zero-order chi connectivity index (χ0) is 15.6. The molecule has 21 heavy (non-hydrogen) atoms. The van der Waals surface area contributed by atoms with E-state index in [0.29, 0.717) is 12.8 Å². The van der Waals surface area contributed by atoms with Crippen molar-refractivity contribution < 1.29 is 23.2 Å². The number of anilines is 1. The number of hydrogen-bond donors (Lipinski definition) is 2. The average Bonchev–Trinajstić information content (AvgIpc) is 2.40. The maximum atomic E-state index is 11.4. The van der Waals surface area contributed by atoms with Gasteiger partial charge in [-0.25, -0.2) is 13.2 Å². The minimum Gasteiger partial charge on any atom is -0.478 e. The molecule has 2 N–H and O–H groups in total. The SMILES string of the molecule is O=C(O)c1cccc([N+](=O)[O-])c1NC1CCS(=O)(=O)CC1. The Morgan fingerprint density at radius 1 is 1.33 bits per heavy atom. The maximum Gasteiger partial charge on any atom is 0.338 e. The molecule has 0 bridgehead atoms. The summed E-state index contributed by atoms with van der Waals surface area (Å²) in [6.07, 6.45) is 0.598. The quantitative estimate of drug-likeness (QED) is 0.633. The summed E-state index contributed by atoms with van der Waals surface area (Å²) >= 11 is 0. The highest BCUT2D eigenvalue weighted by atomic mass is 32.2. The fraction of sp³-hybridized carbons (Fsp3) is 0.417. The van der Waals surface area contributed by atoms with E-state index in [9.17, 15) is 23.3 Å². The number of sulfone groups is 1. The fourth-order valence-corrected chi connectivity index (χ4v) is 3.75. The molecule has 9 heteroatoms. The number of nitro benzene ring substituents is 1. The highest BCUT2D eigenvalue weighted by molar-refractivity contribution is 7.91. The second-order valence-corrected chi connectivity index (χ2v) is 7.14. The molecule has 8 nitrogen and oxygen atoms in total. The van der Waals surface area contributed by atoms with Gasteiger partial charge in [-0.2, -0.15) is 0 Å². The number of carboxylic acid groups (broad SMARTS) is 1. The van der Waals surface area contributed by atoms with E-state index >= 15 is 0 Å². The van der Waals surface area contributed by atoms with E-state index in [4.69, 9.17) is 5.11 Å². The zero-order valence-electron chi connectivity index (χ0n) is 11.0. The van der Waals surface area contributed by atoms with Crippen LogP contribution < -0.4 is 5.32 Å². The van der Waals surface area contributed by atoms with Crippen molar-refractivity contribution in [2.45, 2.75) is 18.9 Å². The number of rotatable bonds is 4. The first-order valence-corrected chi connectivity index (χ1v) is 8.10. The minimum atomic E-state index is -3.05. The number of nitrogens with one attached hydrogen (secondary N) is 1. The monoisotopic (exact) mass is 314 g/mol. The normalized spacial score (nSPS) is 18.1. The number of benzene rings is 1. The summed E-state index contributed by atoms with van der Waals surface area (Å²) < 4.78 is 22.7. The molecule has 1 aliphatic rings. The van der Waals surface area contributed by atoms with Crippen molar-refractivity contribution in [3.05, 3.63) is 33.9 Å². The van der Waals surface area contributed by atoms with E-state index in [1.54, 1.807) is 0 Å². The van der Waals surface area contributed by atoms with Gasteiger partial charge in [-0.3, -0.25) is 10.1 Å². The maximum absolute atomic E-state index is 11.4. The summed E-state index contributed by atoms with van der Waals surface area (Å²) in [6.45, 7) is 0. The molecule has 1 heterocycles. The molecule has 0 atom stereocenters. The molecule has 0 radical (unpaired) electrons. The van der Waals surface area contributed by atoms with Gasteiger partial charge in [0, 0.05) is 12.1 Å². The number of nitrogens with zero attached hydrogens (tertiary/aromatic N) is 1. The van der Waals surface area contributed by atoms with Gasteiger partial charge in [0.05, 0.1) is 22.0 Å². The highest BCUT2D eigenvalue weighted by Gasteiger charge is 2.28. The first-order chi connectivity index (χ1) is 9.80. The smallest absolute Gasteiger partial charge is 0.338 e. The van der Waals surface area contributed by atoms with Crippen LogP contribution in [0.1, 0.15) is 23.2 Å². The van der Waals surface area contributed by atoms with Crippen LogP contribution in [0.15, 0.2) is 18.2 Å². The first-order valence-electron chi connectivity index (χ1n) is 6.28. The van der Waals surface area contributed by atoms with E-state index in [-0.39, 0.29) is 34.5 Å². The lowest BCUT2D eigenvalue weighted by Gasteiger charge is -2.24. The van der Waals surface area contributed by atoms with Crippen molar-refractivity contribution in [1.82, 2.24) is 0 Å². The van der Waals surface area contributed by atoms with Crippen LogP contribution in [0, 0.1) is 10.1 Å². The molecule has 1 aromatic rings. The third-order valence-electron chi connectivity index (χ3n) is 3.37. The Balaban J connectivity index is 2.30. The van der Waals surface area contributed by atoms with Gasteiger partial charge in [-0.1, -0.05) is 6.07 Å². The molecule has 0 saturated carbocycles. The molecule has 1 aliphatic heterocycles. The van der Waals surface area contributed by atoms with Crippen LogP contribution >= 0.6 is 0 Å². The van der Waals surface area contributed by atoms with E-state index < -0.39 is 20.7 Å². The van der Waals surface area contributed by atoms with Crippen molar-refractivity contribution in [1.29, 1.82) is 0 Å². The first kappa shape index (κ1) is 15.2. The zero-order valence-corrected chi connectivity index (χ0v) is 11.8. The van der Waals surface area contributed by atoms with Crippen LogP contribution in [0.3, 0.4) is 0 Å².